The van der Waals surface area contributed by atoms with E-state index in [0.717, 1.165) is 25.1 Å². The Bertz CT molecular complexity index is 344. The van der Waals surface area contributed by atoms with E-state index in [1.54, 1.807) is 0 Å². The third kappa shape index (κ3) is 2.62. The van der Waals surface area contributed by atoms with Crippen molar-refractivity contribution < 1.29 is 4.74 Å². The maximum absolute atomic E-state index is 6.07. The molecule has 0 amide bonds. The molecular weight excluding hydrogens is 245 g/mol. The molecule has 1 N–H and O–H groups in total. The summed E-state index contributed by atoms with van der Waals surface area (Å²) in [5.74, 6) is 0. The van der Waals surface area contributed by atoms with E-state index in [4.69, 9.17) is 27.9 Å². The number of rotatable bonds is 4. The average Bonchev–Trinajstić information content (AvgIpc) is 2.19. The molecule has 1 saturated carbocycles. The molecule has 0 unspecified atom stereocenters. The molecule has 2 rings (SSSR count). The van der Waals surface area contributed by atoms with E-state index in [1.165, 1.54) is 0 Å². The highest BCUT2D eigenvalue weighted by Gasteiger charge is 2.30. The summed E-state index contributed by atoms with van der Waals surface area (Å²) >= 11 is 12.1. The summed E-state index contributed by atoms with van der Waals surface area (Å²) in [6.07, 6.45) is 2.44. The van der Waals surface area contributed by atoms with E-state index in [0.29, 0.717) is 22.2 Å². The summed E-state index contributed by atoms with van der Waals surface area (Å²) in [5.41, 5.74) is 0.839. The highest BCUT2D eigenvalue weighted by molar-refractivity contribution is 6.39. The first kappa shape index (κ1) is 12.0. The zero-order valence-corrected chi connectivity index (χ0v) is 10.7. The fourth-order valence-corrected chi connectivity index (χ4v) is 2.40. The van der Waals surface area contributed by atoms with E-state index in [9.17, 15) is 0 Å². The largest absolute Gasteiger partial charge is 0.380 e. The number of hydrogen-bond acceptors (Lipinski definition) is 2. The fourth-order valence-electron chi connectivity index (χ4n) is 1.90. The standard InChI is InChI=1S/C12H15Cl2NO/c1-2-16-9-6-8(7-9)15-12-10(13)4-3-5-11(12)14/h3-5,8-9,15H,2,6-7H2,1H3. The Labute approximate surface area is 106 Å². The van der Waals surface area contributed by atoms with Crippen molar-refractivity contribution in [3.8, 4) is 0 Å². The Morgan fingerprint density at radius 2 is 1.94 bits per heavy atom. The number of nitrogens with one attached hydrogen (secondary N) is 1. The Morgan fingerprint density at radius 3 is 2.50 bits per heavy atom. The molecule has 1 aromatic carbocycles. The van der Waals surface area contributed by atoms with Gasteiger partial charge in [-0.2, -0.15) is 0 Å². The van der Waals surface area contributed by atoms with Crippen molar-refractivity contribution in [3.63, 3.8) is 0 Å². The molecule has 0 aromatic heterocycles. The molecular formula is C12H15Cl2NO. The molecule has 1 aromatic rings. The highest BCUT2D eigenvalue weighted by Crippen LogP contribution is 2.34. The van der Waals surface area contributed by atoms with E-state index < -0.39 is 0 Å². The quantitative estimate of drug-likeness (QED) is 0.884. The van der Waals surface area contributed by atoms with Gasteiger partial charge in [-0.3, -0.25) is 0 Å². The van der Waals surface area contributed by atoms with Crippen LogP contribution in [0, 0.1) is 0 Å². The number of anilines is 1. The maximum Gasteiger partial charge on any atom is 0.0721 e. The van der Waals surface area contributed by atoms with Crippen LogP contribution in [0.3, 0.4) is 0 Å². The molecule has 0 aliphatic heterocycles. The molecule has 0 saturated heterocycles. The molecule has 1 aliphatic rings. The molecule has 2 nitrogen and oxygen atoms in total. The van der Waals surface area contributed by atoms with Crippen LogP contribution in [0.15, 0.2) is 18.2 Å². The van der Waals surface area contributed by atoms with E-state index >= 15 is 0 Å². The number of benzene rings is 1. The number of para-hydroxylation sites is 1. The predicted molar refractivity (Wildman–Crippen MR) is 68.5 cm³/mol. The van der Waals surface area contributed by atoms with Crippen LogP contribution < -0.4 is 5.32 Å². The molecule has 0 radical (unpaired) electrons. The van der Waals surface area contributed by atoms with Gasteiger partial charge in [0.15, 0.2) is 0 Å². The Balaban J connectivity index is 1.91. The zero-order valence-electron chi connectivity index (χ0n) is 9.17. The lowest BCUT2D eigenvalue weighted by Crippen LogP contribution is -2.40. The van der Waals surface area contributed by atoms with Crippen LogP contribution in [-0.2, 0) is 4.74 Å². The van der Waals surface area contributed by atoms with Gasteiger partial charge in [-0.05, 0) is 31.9 Å². The van der Waals surface area contributed by atoms with Crippen molar-refractivity contribution in [1.82, 2.24) is 0 Å². The summed E-state index contributed by atoms with van der Waals surface area (Å²) in [4.78, 5) is 0. The SMILES string of the molecule is CCOC1CC(Nc2c(Cl)cccc2Cl)C1. The Hall–Kier alpha value is -0.440. The molecule has 0 bridgehead atoms. The van der Waals surface area contributed by atoms with Crippen LogP contribution in [-0.4, -0.2) is 18.8 Å². The van der Waals surface area contributed by atoms with Gasteiger partial charge in [-0.25, -0.2) is 0 Å². The minimum absolute atomic E-state index is 0.392. The first-order valence-corrected chi connectivity index (χ1v) is 6.28. The third-order valence-electron chi connectivity index (χ3n) is 2.81. The van der Waals surface area contributed by atoms with Crippen LogP contribution >= 0.6 is 23.2 Å². The van der Waals surface area contributed by atoms with Gasteiger partial charge in [0.25, 0.3) is 0 Å². The molecule has 0 heterocycles. The van der Waals surface area contributed by atoms with E-state index in [-0.39, 0.29) is 0 Å². The first-order chi connectivity index (χ1) is 7.70. The number of hydrogen-bond donors (Lipinski definition) is 1. The predicted octanol–water partition coefficient (Wildman–Crippen LogP) is 3.97. The monoisotopic (exact) mass is 259 g/mol. The third-order valence-corrected chi connectivity index (χ3v) is 3.44. The topological polar surface area (TPSA) is 21.3 Å². The van der Waals surface area contributed by atoms with Gasteiger partial charge in [-0.15, -0.1) is 0 Å². The Kier molecular flexibility index (Phi) is 3.95. The second-order valence-electron chi connectivity index (χ2n) is 3.99. The number of halogens is 2. The minimum atomic E-state index is 0.392. The molecule has 1 aliphatic carbocycles. The first-order valence-electron chi connectivity index (χ1n) is 5.53. The summed E-state index contributed by atoms with van der Waals surface area (Å²) in [7, 11) is 0. The lowest BCUT2D eigenvalue weighted by Gasteiger charge is -2.36. The molecule has 1 fully saturated rings. The summed E-state index contributed by atoms with van der Waals surface area (Å²) in [5, 5.41) is 4.71. The van der Waals surface area contributed by atoms with Crippen molar-refractivity contribution in [3.05, 3.63) is 28.2 Å². The lowest BCUT2D eigenvalue weighted by molar-refractivity contribution is 0.00299. The highest BCUT2D eigenvalue weighted by atomic mass is 35.5. The molecule has 16 heavy (non-hydrogen) atoms. The van der Waals surface area contributed by atoms with E-state index in [1.807, 2.05) is 25.1 Å². The maximum atomic E-state index is 6.07. The minimum Gasteiger partial charge on any atom is -0.380 e. The van der Waals surface area contributed by atoms with Gasteiger partial charge in [-0.1, -0.05) is 29.3 Å². The Morgan fingerprint density at radius 1 is 1.31 bits per heavy atom. The van der Waals surface area contributed by atoms with Gasteiger partial charge in [0.2, 0.25) is 0 Å². The molecule has 0 spiro atoms. The van der Waals surface area contributed by atoms with Crippen molar-refractivity contribution in [1.29, 1.82) is 0 Å². The van der Waals surface area contributed by atoms with Crippen LogP contribution in [0.1, 0.15) is 19.8 Å². The van der Waals surface area contributed by atoms with Gasteiger partial charge in [0, 0.05) is 12.6 Å². The lowest BCUT2D eigenvalue weighted by atomic mass is 9.89. The second kappa shape index (κ2) is 5.26. The van der Waals surface area contributed by atoms with Crippen LogP contribution in [0.4, 0.5) is 5.69 Å². The average molecular weight is 260 g/mol. The molecule has 4 heteroatoms. The fraction of sp³-hybridized carbons (Fsp3) is 0.500. The second-order valence-corrected chi connectivity index (χ2v) is 4.80. The van der Waals surface area contributed by atoms with Gasteiger partial charge < -0.3 is 10.1 Å². The van der Waals surface area contributed by atoms with Crippen LogP contribution in [0.2, 0.25) is 10.0 Å². The van der Waals surface area contributed by atoms with Gasteiger partial charge in [0.1, 0.15) is 0 Å². The normalized spacial score (nSPS) is 23.9. The van der Waals surface area contributed by atoms with Crippen molar-refractivity contribution in [2.45, 2.75) is 31.9 Å². The summed E-state index contributed by atoms with van der Waals surface area (Å²) < 4.78 is 5.50. The summed E-state index contributed by atoms with van der Waals surface area (Å²) in [6, 6.07) is 5.96. The molecule has 88 valence electrons. The van der Waals surface area contributed by atoms with Crippen molar-refractivity contribution in [2.75, 3.05) is 11.9 Å². The smallest absolute Gasteiger partial charge is 0.0721 e. The van der Waals surface area contributed by atoms with Crippen molar-refractivity contribution in [2.24, 2.45) is 0 Å². The van der Waals surface area contributed by atoms with Crippen LogP contribution in [0.25, 0.3) is 0 Å². The van der Waals surface area contributed by atoms with E-state index in [2.05, 4.69) is 5.32 Å². The van der Waals surface area contributed by atoms with Gasteiger partial charge >= 0.3 is 0 Å². The number of ether oxygens (including phenoxy) is 1. The van der Waals surface area contributed by atoms with Crippen molar-refractivity contribution >= 4 is 28.9 Å². The summed E-state index contributed by atoms with van der Waals surface area (Å²) in [6.45, 7) is 2.80. The zero-order chi connectivity index (χ0) is 11.5. The molecule has 0 atom stereocenters. The van der Waals surface area contributed by atoms with Crippen LogP contribution in [0.5, 0.6) is 0 Å². The van der Waals surface area contributed by atoms with Gasteiger partial charge in [0.05, 0.1) is 21.8 Å².